The lowest BCUT2D eigenvalue weighted by molar-refractivity contribution is 0.741. The fourth-order valence-electron chi connectivity index (χ4n) is 2.01. The Morgan fingerprint density at radius 2 is 2.35 bits per heavy atom. The van der Waals surface area contributed by atoms with Crippen LogP contribution in [0.5, 0.6) is 0 Å². The topological polar surface area (TPSA) is 50.9 Å². The summed E-state index contributed by atoms with van der Waals surface area (Å²) in [6.45, 7) is 2.14. The fourth-order valence-corrected chi connectivity index (χ4v) is 3.70. The maximum atomic E-state index is 5.89. The summed E-state index contributed by atoms with van der Waals surface area (Å²) in [6.07, 6.45) is 4.81. The average Bonchev–Trinajstić information content (AvgIpc) is 2.97. The molecule has 0 aliphatic heterocycles. The van der Waals surface area contributed by atoms with E-state index in [1.54, 1.807) is 23.1 Å². The largest absolute Gasteiger partial charge is 0.389 e. The molecule has 20 heavy (non-hydrogen) atoms. The normalized spacial score (nSPS) is 12.1. The molecular weight excluding hydrogens is 306 g/mol. The van der Waals surface area contributed by atoms with Crippen molar-refractivity contribution in [3.8, 4) is 0 Å². The Morgan fingerprint density at radius 1 is 1.55 bits per heavy atom. The van der Waals surface area contributed by atoms with Crippen LogP contribution in [-0.4, -0.2) is 16.2 Å². The van der Waals surface area contributed by atoms with Crippen LogP contribution in [0.1, 0.15) is 30.0 Å². The van der Waals surface area contributed by atoms with Gasteiger partial charge in [0.1, 0.15) is 10.00 Å². The molecule has 1 heterocycles. The number of nitrogens with zero attached hydrogens (tertiary/aromatic N) is 1. The van der Waals surface area contributed by atoms with Crippen molar-refractivity contribution in [2.24, 2.45) is 5.73 Å². The van der Waals surface area contributed by atoms with Crippen molar-refractivity contribution in [1.29, 1.82) is 0 Å². The molecule has 1 aromatic heterocycles. The van der Waals surface area contributed by atoms with E-state index in [0.717, 1.165) is 27.6 Å². The number of hydrogen-bond donors (Lipinski definition) is 2. The van der Waals surface area contributed by atoms with Gasteiger partial charge in [0.2, 0.25) is 0 Å². The number of rotatable bonds is 6. The third-order valence-electron chi connectivity index (χ3n) is 2.98. The smallest absolute Gasteiger partial charge is 0.115 e. The van der Waals surface area contributed by atoms with Gasteiger partial charge in [-0.15, -0.1) is 23.1 Å². The zero-order chi connectivity index (χ0) is 14.5. The SMILES string of the molecule is CCC(Nc1cccc(SC)c1C(N)=S)c1nccs1. The van der Waals surface area contributed by atoms with E-state index in [1.165, 1.54) is 0 Å². The van der Waals surface area contributed by atoms with E-state index in [4.69, 9.17) is 18.0 Å². The van der Waals surface area contributed by atoms with Crippen LogP contribution in [0.3, 0.4) is 0 Å². The molecule has 0 fully saturated rings. The zero-order valence-electron chi connectivity index (χ0n) is 11.4. The van der Waals surface area contributed by atoms with Gasteiger partial charge in [0.05, 0.1) is 6.04 Å². The molecular formula is C14H17N3S3. The van der Waals surface area contributed by atoms with Gasteiger partial charge in [0.25, 0.3) is 0 Å². The van der Waals surface area contributed by atoms with Gasteiger partial charge in [-0.25, -0.2) is 4.98 Å². The molecule has 0 amide bonds. The Balaban J connectivity index is 2.35. The molecule has 0 saturated heterocycles. The van der Waals surface area contributed by atoms with Crippen molar-refractivity contribution in [2.45, 2.75) is 24.3 Å². The average molecular weight is 324 g/mol. The molecule has 0 aliphatic rings. The van der Waals surface area contributed by atoms with Gasteiger partial charge >= 0.3 is 0 Å². The summed E-state index contributed by atoms with van der Waals surface area (Å²) in [4.78, 5) is 5.90. The molecule has 0 aliphatic carbocycles. The summed E-state index contributed by atoms with van der Waals surface area (Å²) in [5.41, 5.74) is 7.79. The number of benzene rings is 1. The van der Waals surface area contributed by atoms with Gasteiger partial charge in [0, 0.05) is 27.7 Å². The van der Waals surface area contributed by atoms with Crippen LogP contribution in [0.15, 0.2) is 34.7 Å². The predicted octanol–water partition coefficient (Wildman–Crippen LogP) is 4.06. The first-order chi connectivity index (χ1) is 9.67. The van der Waals surface area contributed by atoms with Crippen molar-refractivity contribution in [3.63, 3.8) is 0 Å². The van der Waals surface area contributed by atoms with Crippen LogP contribution in [0.4, 0.5) is 5.69 Å². The second-order valence-corrected chi connectivity index (χ2v) is 6.44. The lowest BCUT2D eigenvalue weighted by Gasteiger charge is -2.19. The highest BCUT2D eigenvalue weighted by molar-refractivity contribution is 7.98. The molecule has 6 heteroatoms. The molecule has 3 N–H and O–H groups in total. The van der Waals surface area contributed by atoms with E-state index < -0.39 is 0 Å². The molecule has 0 spiro atoms. The first-order valence-electron chi connectivity index (χ1n) is 6.30. The maximum Gasteiger partial charge on any atom is 0.115 e. The molecule has 2 aromatic rings. The second-order valence-electron chi connectivity index (χ2n) is 4.22. The minimum Gasteiger partial charge on any atom is -0.389 e. The van der Waals surface area contributed by atoms with Gasteiger partial charge in [-0.2, -0.15) is 0 Å². The van der Waals surface area contributed by atoms with Crippen LogP contribution in [0.25, 0.3) is 0 Å². The second kappa shape index (κ2) is 7.06. The van der Waals surface area contributed by atoms with E-state index >= 15 is 0 Å². The van der Waals surface area contributed by atoms with Crippen molar-refractivity contribution in [1.82, 2.24) is 4.98 Å². The number of thiocarbonyl (C=S) groups is 1. The molecule has 1 atom stereocenters. The molecule has 3 nitrogen and oxygen atoms in total. The van der Waals surface area contributed by atoms with Crippen LogP contribution in [0, 0.1) is 0 Å². The van der Waals surface area contributed by atoms with Crippen LogP contribution < -0.4 is 11.1 Å². The standard InChI is InChI=1S/C14H17N3S3/c1-3-9(14-16-7-8-20-14)17-10-5-4-6-11(19-2)12(10)13(15)18/h4-9,17H,3H2,1-2H3,(H2,15,18). The molecule has 106 valence electrons. The minimum atomic E-state index is 0.181. The van der Waals surface area contributed by atoms with Gasteiger partial charge < -0.3 is 11.1 Å². The number of nitrogens with one attached hydrogen (secondary N) is 1. The van der Waals surface area contributed by atoms with Crippen LogP contribution in [0.2, 0.25) is 0 Å². The van der Waals surface area contributed by atoms with Crippen LogP contribution >= 0.6 is 35.3 Å². The third-order valence-corrected chi connectivity index (χ3v) is 4.85. The predicted molar refractivity (Wildman–Crippen MR) is 92.9 cm³/mol. The van der Waals surface area contributed by atoms with Gasteiger partial charge in [-0.1, -0.05) is 25.2 Å². The van der Waals surface area contributed by atoms with Gasteiger partial charge in [0.15, 0.2) is 0 Å². The first-order valence-corrected chi connectivity index (χ1v) is 8.81. The Morgan fingerprint density at radius 3 is 2.90 bits per heavy atom. The number of nitrogens with two attached hydrogens (primary N) is 1. The summed E-state index contributed by atoms with van der Waals surface area (Å²) >= 11 is 8.51. The van der Waals surface area contributed by atoms with Crippen molar-refractivity contribution in [3.05, 3.63) is 40.3 Å². The minimum absolute atomic E-state index is 0.181. The Kier molecular flexibility index (Phi) is 5.39. The summed E-state index contributed by atoms with van der Waals surface area (Å²) < 4.78 is 0. The number of thioether (sulfide) groups is 1. The molecule has 1 unspecified atom stereocenters. The summed E-state index contributed by atoms with van der Waals surface area (Å²) in [7, 11) is 0. The molecule has 2 rings (SSSR count). The summed E-state index contributed by atoms with van der Waals surface area (Å²) in [5.74, 6) is 0. The highest BCUT2D eigenvalue weighted by Gasteiger charge is 2.16. The van der Waals surface area contributed by atoms with E-state index in [1.807, 2.05) is 36.0 Å². The number of hydrogen-bond acceptors (Lipinski definition) is 5. The Labute approximate surface area is 133 Å². The van der Waals surface area contributed by atoms with Crippen LogP contribution in [-0.2, 0) is 0 Å². The third kappa shape index (κ3) is 3.31. The van der Waals surface area contributed by atoms with Crippen molar-refractivity contribution < 1.29 is 0 Å². The summed E-state index contributed by atoms with van der Waals surface area (Å²) in [6, 6.07) is 6.25. The lowest BCUT2D eigenvalue weighted by Crippen LogP contribution is -2.17. The fraction of sp³-hybridized carbons (Fsp3) is 0.286. The maximum absolute atomic E-state index is 5.89. The van der Waals surface area contributed by atoms with E-state index in [0.29, 0.717) is 4.99 Å². The quantitative estimate of drug-likeness (QED) is 0.620. The summed E-state index contributed by atoms with van der Waals surface area (Å²) in [5, 5.41) is 6.59. The zero-order valence-corrected chi connectivity index (χ0v) is 13.9. The van der Waals surface area contributed by atoms with Crippen molar-refractivity contribution in [2.75, 3.05) is 11.6 Å². The van der Waals surface area contributed by atoms with E-state index in [2.05, 4.69) is 17.2 Å². The Hall–Kier alpha value is -1.11. The van der Waals surface area contributed by atoms with Gasteiger partial charge in [-0.3, -0.25) is 0 Å². The highest BCUT2D eigenvalue weighted by atomic mass is 32.2. The number of thiazole rings is 1. The highest BCUT2D eigenvalue weighted by Crippen LogP contribution is 2.31. The number of aromatic nitrogens is 1. The number of anilines is 1. The van der Waals surface area contributed by atoms with E-state index in [9.17, 15) is 0 Å². The Bertz CT molecular complexity index is 581. The first kappa shape index (κ1) is 15.3. The van der Waals surface area contributed by atoms with Gasteiger partial charge in [-0.05, 0) is 24.8 Å². The monoisotopic (exact) mass is 323 g/mol. The lowest BCUT2D eigenvalue weighted by atomic mass is 10.1. The molecule has 1 aromatic carbocycles. The molecule has 0 bridgehead atoms. The van der Waals surface area contributed by atoms with E-state index in [-0.39, 0.29) is 6.04 Å². The van der Waals surface area contributed by atoms with Crippen molar-refractivity contribution >= 4 is 46.0 Å². The molecule has 0 radical (unpaired) electrons. The molecule has 0 saturated carbocycles.